The molecule has 0 aromatic heterocycles. The van der Waals surface area contributed by atoms with Gasteiger partial charge in [0.05, 0.1) is 7.11 Å². The normalized spacial score (nSPS) is 14.8. The first-order valence-electron chi connectivity index (χ1n) is 4.88. The van der Waals surface area contributed by atoms with Crippen LogP contribution in [0.15, 0.2) is 29.8 Å². The summed E-state index contributed by atoms with van der Waals surface area (Å²) in [6.45, 7) is -0.147. The maximum atomic E-state index is 11.5. The molecular weight excluding hydrogens is 244 g/mol. The Morgan fingerprint density at radius 3 is 2.88 bits per heavy atom. The van der Waals surface area contributed by atoms with Crippen molar-refractivity contribution < 1.29 is 19.1 Å². The fourth-order valence-corrected chi connectivity index (χ4v) is 1.76. The molecule has 0 radical (unpaired) electrons. The molecule has 0 unspecified atom stereocenters. The molecule has 0 amide bonds. The van der Waals surface area contributed by atoms with E-state index in [1.54, 1.807) is 24.3 Å². The number of Topliss-reactive ketones (excluding diaryl/α,β-unsaturated/α-hetero) is 1. The number of benzene rings is 1. The molecule has 0 atom stereocenters. The van der Waals surface area contributed by atoms with Gasteiger partial charge in [0.25, 0.3) is 0 Å². The maximum absolute atomic E-state index is 11.5. The van der Waals surface area contributed by atoms with E-state index in [4.69, 9.17) is 16.3 Å². The van der Waals surface area contributed by atoms with E-state index >= 15 is 0 Å². The highest BCUT2D eigenvalue weighted by Crippen LogP contribution is 2.28. The minimum Gasteiger partial charge on any atom is -0.484 e. The summed E-state index contributed by atoms with van der Waals surface area (Å²) in [6.07, 6.45) is 0. The van der Waals surface area contributed by atoms with E-state index in [-0.39, 0.29) is 23.7 Å². The van der Waals surface area contributed by atoms with Crippen LogP contribution in [0.3, 0.4) is 0 Å². The number of hydrogen-bond donors (Lipinski definition) is 0. The van der Waals surface area contributed by atoms with Gasteiger partial charge in [-0.15, -0.1) is 0 Å². The van der Waals surface area contributed by atoms with Crippen LogP contribution < -0.4 is 0 Å². The Labute approximate surface area is 103 Å². The average Bonchev–Trinajstić information content (AvgIpc) is 2.70. The Kier molecular flexibility index (Phi) is 3.15. The van der Waals surface area contributed by atoms with Gasteiger partial charge in [0.1, 0.15) is 11.3 Å². The van der Waals surface area contributed by atoms with Gasteiger partial charge in [-0.1, -0.05) is 23.7 Å². The van der Waals surface area contributed by atoms with Gasteiger partial charge in [0.2, 0.25) is 5.78 Å². The van der Waals surface area contributed by atoms with E-state index in [0.717, 1.165) is 0 Å². The summed E-state index contributed by atoms with van der Waals surface area (Å²) in [6, 6.07) is 6.74. The third-order valence-corrected chi connectivity index (χ3v) is 2.56. The Balaban J connectivity index is 2.51. The lowest BCUT2D eigenvalue weighted by Gasteiger charge is -2.04. The maximum Gasteiger partial charge on any atom is 0.345 e. The molecule has 5 heteroatoms. The molecule has 0 saturated carbocycles. The summed E-state index contributed by atoms with van der Waals surface area (Å²) in [5.41, 5.74) is 0.526. The molecule has 1 aliphatic rings. The lowest BCUT2D eigenvalue weighted by molar-refractivity contribution is -0.137. The van der Waals surface area contributed by atoms with Gasteiger partial charge < -0.3 is 9.47 Å². The minimum absolute atomic E-state index is 0.0604. The molecule has 1 aliphatic heterocycles. The third kappa shape index (κ3) is 2.17. The number of esters is 1. The summed E-state index contributed by atoms with van der Waals surface area (Å²) in [5.74, 6) is -0.848. The van der Waals surface area contributed by atoms with Gasteiger partial charge in [0, 0.05) is 10.6 Å². The molecule has 0 N–H and O–H groups in total. The summed E-state index contributed by atoms with van der Waals surface area (Å²) < 4.78 is 9.77. The second-order valence-electron chi connectivity index (χ2n) is 3.42. The van der Waals surface area contributed by atoms with Crippen LogP contribution in [-0.4, -0.2) is 25.5 Å². The summed E-state index contributed by atoms with van der Waals surface area (Å²) in [5, 5.41) is 0.502. The highest BCUT2D eigenvalue weighted by atomic mass is 35.5. The van der Waals surface area contributed by atoms with Crippen molar-refractivity contribution in [2.75, 3.05) is 13.7 Å². The molecule has 0 fully saturated rings. The summed E-state index contributed by atoms with van der Waals surface area (Å²) >= 11 is 5.84. The van der Waals surface area contributed by atoms with Crippen LogP contribution in [0, 0.1) is 0 Å². The monoisotopic (exact) mass is 252 g/mol. The predicted octanol–water partition coefficient (Wildman–Crippen LogP) is 1.82. The third-order valence-electron chi connectivity index (χ3n) is 2.33. The van der Waals surface area contributed by atoms with Gasteiger partial charge in [-0.05, 0) is 12.1 Å². The van der Waals surface area contributed by atoms with Crippen molar-refractivity contribution in [3.63, 3.8) is 0 Å². The van der Waals surface area contributed by atoms with Gasteiger partial charge in [-0.3, -0.25) is 4.79 Å². The van der Waals surface area contributed by atoms with Gasteiger partial charge in [-0.25, -0.2) is 4.79 Å². The summed E-state index contributed by atoms with van der Waals surface area (Å²) in [4.78, 5) is 23.0. The molecule has 88 valence electrons. The van der Waals surface area contributed by atoms with Gasteiger partial charge >= 0.3 is 5.97 Å². The number of hydrogen-bond acceptors (Lipinski definition) is 4. The molecule has 0 bridgehead atoms. The lowest BCUT2D eigenvalue weighted by atomic mass is 10.1. The quantitative estimate of drug-likeness (QED) is 0.595. The van der Waals surface area contributed by atoms with Gasteiger partial charge in [-0.2, -0.15) is 0 Å². The molecule has 1 aromatic carbocycles. The van der Waals surface area contributed by atoms with E-state index < -0.39 is 5.97 Å². The first-order valence-corrected chi connectivity index (χ1v) is 5.26. The van der Waals surface area contributed by atoms with E-state index in [9.17, 15) is 9.59 Å². The van der Waals surface area contributed by atoms with Crippen LogP contribution in [0.25, 0.3) is 5.76 Å². The van der Waals surface area contributed by atoms with Crippen molar-refractivity contribution in [3.05, 3.63) is 40.4 Å². The van der Waals surface area contributed by atoms with E-state index in [1.807, 2.05) is 0 Å². The van der Waals surface area contributed by atoms with Crippen molar-refractivity contribution >= 4 is 29.1 Å². The number of carbonyl (C=O) groups is 2. The zero-order valence-electron chi connectivity index (χ0n) is 9.03. The Bertz CT molecular complexity index is 519. The van der Waals surface area contributed by atoms with E-state index in [0.29, 0.717) is 10.6 Å². The summed E-state index contributed by atoms with van der Waals surface area (Å²) in [7, 11) is 1.22. The fourth-order valence-electron chi connectivity index (χ4n) is 1.57. The molecular formula is C12H9ClO4. The Hall–Kier alpha value is -1.81. The van der Waals surface area contributed by atoms with Crippen LogP contribution in [-0.2, 0) is 19.1 Å². The molecule has 0 aliphatic carbocycles. The first kappa shape index (κ1) is 11.7. The van der Waals surface area contributed by atoms with E-state index in [1.165, 1.54) is 7.11 Å². The number of rotatable bonds is 2. The van der Waals surface area contributed by atoms with Crippen molar-refractivity contribution in [2.45, 2.75) is 0 Å². The number of ether oxygens (including phenoxy) is 2. The average molecular weight is 253 g/mol. The van der Waals surface area contributed by atoms with Crippen LogP contribution in [0.2, 0.25) is 5.02 Å². The number of methoxy groups -OCH3 is 1. The second kappa shape index (κ2) is 4.59. The SMILES string of the molecule is COC(=O)C1=C(c2cccc(Cl)c2)OCC1=O. The lowest BCUT2D eigenvalue weighted by Crippen LogP contribution is -2.13. The number of carbonyl (C=O) groups excluding carboxylic acids is 2. The van der Waals surface area contributed by atoms with Crippen molar-refractivity contribution in [3.8, 4) is 0 Å². The topological polar surface area (TPSA) is 52.6 Å². The van der Waals surface area contributed by atoms with Crippen LogP contribution in [0.5, 0.6) is 0 Å². The molecule has 1 aromatic rings. The van der Waals surface area contributed by atoms with Gasteiger partial charge in [0.15, 0.2) is 6.61 Å². The molecule has 17 heavy (non-hydrogen) atoms. The number of halogens is 1. The second-order valence-corrected chi connectivity index (χ2v) is 3.85. The molecule has 0 spiro atoms. The molecule has 4 nitrogen and oxygen atoms in total. The fraction of sp³-hybridized carbons (Fsp3) is 0.167. The highest BCUT2D eigenvalue weighted by Gasteiger charge is 2.32. The zero-order valence-corrected chi connectivity index (χ0v) is 9.78. The molecule has 2 rings (SSSR count). The zero-order chi connectivity index (χ0) is 12.4. The van der Waals surface area contributed by atoms with Crippen molar-refractivity contribution in [1.82, 2.24) is 0 Å². The van der Waals surface area contributed by atoms with Crippen LogP contribution in [0.4, 0.5) is 0 Å². The predicted molar refractivity (Wildman–Crippen MR) is 61.3 cm³/mol. The molecule has 0 saturated heterocycles. The Morgan fingerprint density at radius 1 is 1.47 bits per heavy atom. The van der Waals surface area contributed by atoms with Crippen LogP contribution >= 0.6 is 11.6 Å². The van der Waals surface area contributed by atoms with Crippen molar-refractivity contribution in [1.29, 1.82) is 0 Å². The smallest absolute Gasteiger partial charge is 0.345 e. The number of ketones is 1. The van der Waals surface area contributed by atoms with E-state index in [2.05, 4.69) is 4.74 Å². The van der Waals surface area contributed by atoms with Crippen LogP contribution in [0.1, 0.15) is 5.56 Å². The Morgan fingerprint density at radius 2 is 2.24 bits per heavy atom. The highest BCUT2D eigenvalue weighted by molar-refractivity contribution is 6.31. The minimum atomic E-state index is -0.692. The largest absolute Gasteiger partial charge is 0.484 e. The first-order chi connectivity index (χ1) is 8.13. The standard InChI is InChI=1S/C12H9ClO4/c1-16-12(15)10-9(14)6-17-11(10)7-3-2-4-8(13)5-7/h2-5H,6H2,1H3. The van der Waals surface area contributed by atoms with Crippen molar-refractivity contribution in [2.24, 2.45) is 0 Å². The molecule has 1 heterocycles.